The van der Waals surface area contributed by atoms with Crippen LogP contribution in [0.25, 0.3) is 17.7 Å². The van der Waals surface area contributed by atoms with Gasteiger partial charge in [0.1, 0.15) is 5.82 Å². The number of allylic oxidation sites excluding steroid dienone is 3. The van der Waals surface area contributed by atoms with Gasteiger partial charge in [0.25, 0.3) is 0 Å². The first-order valence-corrected chi connectivity index (χ1v) is 8.14. The van der Waals surface area contributed by atoms with Crippen LogP contribution in [0.4, 0.5) is 10.1 Å². The molecule has 0 fully saturated rings. The lowest BCUT2D eigenvalue weighted by atomic mass is 10.2. The van der Waals surface area contributed by atoms with Gasteiger partial charge in [0, 0.05) is 42.6 Å². The summed E-state index contributed by atoms with van der Waals surface area (Å²) in [5, 5.41) is 5.25. The molecular weight excluding hydrogens is 313 g/mol. The molecule has 0 spiro atoms. The maximum Gasteiger partial charge on any atom is 0.125 e. The maximum absolute atomic E-state index is 13.3. The van der Waals surface area contributed by atoms with Gasteiger partial charge in [-0.05, 0) is 49.4 Å². The average Bonchev–Trinajstić information content (AvgIpc) is 2.89. The number of rotatable bonds is 5. The lowest BCUT2D eigenvalue weighted by Crippen LogP contribution is -2.28. The standard InChI is InChI=1S/C21H24FN3/c1-6-16-12-21(17(7-2)14-23-4)25(5)20(16)11-15(3)24-19-10-8-9-18(22)13-19/h6-14,24H,3H2,1-2,4-5H3/b16-6-,17-7+,20-11+,23-14?. The molecule has 1 N–H and O–H groups in total. The summed E-state index contributed by atoms with van der Waals surface area (Å²) in [6.45, 7) is 8.04. The van der Waals surface area contributed by atoms with Crippen molar-refractivity contribution in [2.24, 2.45) is 12.0 Å². The first kappa shape index (κ1) is 18.5. The van der Waals surface area contributed by atoms with E-state index in [9.17, 15) is 4.39 Å². The lowest BCUT2D eigenvalue weighted by Gasteiger charge is -2.07. The fraction of sp³-hybridized carbons (Fsp3) is 0.190. The molecule has 25 heavy (non-hydrogen) atoms. The zero-order chi connectivity index (χ0) is 18.4. The first-order chi connectivity index (χ1) is 12.0. The topological polar surface area (TPSA) is 29.3 Å². The van der Waals surface area contributed by atoms with E-state index >= 15 is 0 Å². The number of aliphatic imine (C=N–C) groups is 1. The zero-order valence-electron chi connectivity index (χ0n) is 15.2. The van der Waals surface area contributed by atoms with Crippen molar-refractivity contribution in [3.8, 4) is 0 Å². The Morgan fingerprint density at radius 3 is 2.64 bits per heavy atom. The van der Waals surface area contributed by atoms with Crippen molar-refractivity contribution in [3.63, 3.8) is 0 Å². The van der Waals surface area contributed by atoms with Gasteiger partial charge in [-0.15, -0.1) is 0 Å². The summed E-state index contributed by atoms with van der Waals surface area (Å²) in [5.41, 5.74) is 3.49. The third-order valence-electron chi connectivity index (χ3n) is 3.94. The molecule has 130 valence electrons. The number of aromatic nitrogens is 1. The Morgan fingerprint density at radius 1 is 1.28 bits per heavy atom. The van der Waals surface area contributed by atoms with Gasteiger partial charge in [0.15, 0.2) is 0 Å². The molecule has 0 unspecified atom stereocenters. The molecule has 2 aromatic rings. The predicted molar refractivity (Wildman–Crippen MR) is 106 cm³/mol. The van der Waals surface area contributed by atoms with Gasteiger partial charge < -0.3 is 9.88 Å². The van der Waals surface area contributed by atoms with Crippen molar-refractivity contribution in [2.75, 3.05) is 12.4 Å². The Balaban J connectivity index is 2.46. The van der Waals surface area contributed by atoms with Crippen LogP contribution in [-0.2, 0) is 7.05 Å². The normalized spacial score (nSPS) is 13.7. The summed E-state index contributed by atoms with van der Waals surface area (Å²) < 4.78 is 15.4. The van der Waals surface area contributed by atoms with E-state index in [0.29, 0.717) is 11.4 Å². The number of hydrogen-bond donors (Lipinski definition) is 1. The van der Waals surface area contributed by atoms with Crippen LogP contribution in [-0.4, -0.2) is 17.8 Å². The molecule has 2 rings (SSSR count). The highest BCUT2D eigenvalue weighted by molar-refractivity contribution is 6.09. The van der Waals surface area contributed by atoms with Crippen LogP contribution in [0, 0.1) is 5.82 Å². The third kappa shape index (κ3) is 4.35. The van der Waals surface area contributed by atoms with Gasteiger partial charge in [-0.2, -0.15) is 0 Å². The van der Waals surface area contributed by atoms with Crippen molar-refractivity contribution >= 4 is 29.6 Å². The largest absolute Gasteiger partial charge is 0.356 e. The maximum atomic E-state index is 13.3. The van der Waals surface area contributed by atoms with Crippen molar-refractivity contribution in [3.05, 3.63) is 70.8 Å². The second kappa shape index (κ2) is 8.29. The molecule has 0 atom stereocenters. The molecular formula is C21H24FN3. The van der Waals surface area contributed by atoms with E-state index < -0.39 is 0 Å². The average molecular weight is 337 g/mol. The summed E-state index contributed by atoms with van der Waals surface area (Å²) in [4.78, 5) is 4.12. The number of benzene rings is 1. The Bertz CT molecular complexity index is 946. The second-order valence-electron chi connectivity index (χ2n) is 5.65. The van der Waals surface area contributed by atoms with Crippen molar-refractivity contribution in [1.82, 2.24) is 4.57 Å². The molecule has 0 aliphatic rings. The summed E-state index contributed by atoms with van der Waals surface area (Å²) in [5.74, 6) is -0.280. The van der Waals surface area contributed by atoms with E-state index in [2.05, 4.69) is 33.6 Å². The van der Waals surface area contributed by atoms with E-state index in [-0.39, 0.29) is 5.82 Å². The highest BCUT2D eigenvalue weighted by atomic mass is 19.1. The molecule has 0 saturated carbocycles. The molecule has 0 saturated heterocycles. The molecule has 0 bridgehead atoms. The van der Waals surface area contributed by atoms with E-state index in [1.54, 1.807) is 19.2 Å². The van der Waals surface area contributed by atoms with Gasteiger partial charge in [-0.1, -0.05) is 24.8 Å². The third-order valence-corrected chi connectivity index (χ3v) is 3.94. The molecule has 0 aliphatic carbocycles. The highest BCUT2D eigenvalue weighted by Gasteiger charge is 2.06. The van der Waals surface area contributed by atoms with Gasteiger partial charge in [-0.3, -0.25) is 4.99 Å². The van der Waals surface area contributed by atoms with Gasteiger partial charge in [0.05, 0.1) is 5.69 Å². The van der Waals surface area contributed by atoms with E-state index in [0.717, 1.165) is 21.8 Å². The first-order valence-electron chi connectivity index (χ1n) is 8.14. The summed E-state index contributed by atoms with van der Waals surface area (Å²) >= 11 is 0. The summed E-state index contributed by atoms with van der Waals surface area (Å²) in [6.07, 6.45) is 7.89. The number of halogens is 1. The van der Waals surface area contributed by atoms with Crippen molar-refractivity contribution in [2.45, 2.75) is 13.8 Å². The van der Waals surface area contributed by atoms with Gasteiger partial charge in [0.2, 0.25) is 0 Å². The monoisotopic (exact) mass is 337 g/mol. The van der Waals surface area contributed by atoms with Crippen LogP contribution in [0.3, 0.4) is 0 Å². The second-order valence-corrected chi connectivity index (χ2v) is 5.65. The van der Waals surface area contributed by atoms with Gasteiger partial charge in [-0.25, -0.2) is 4.39 Å². The Morgan fingerprint density at radius 2 is 2.04 bits per heavy atom. The van der Waals surface area contributed by atoms with Crippen LogP contribution < -0.4 is 15.9 Å². The SMILES string of the molecule is C=C(/C=c1\c(=C/C)cc(/C(C=NC)=C/C)n1C)Nc1cccc(F)c1. The molecule has 0 amide bonds. The number of anilines is 1. The minimum Gasteiger partial charge on any atom is -0.356 e. The molecule has 4 heteroatoms. The van der Waals surface area contributed by atoms with Crippen LogP contribution in [0.15, 0.2) is 53.7 Å². The molecule has 0 aliphatic heterocycles. The number of hydrogen-bond acceptors (Lipinski definition) is 2. The fourth-order valence-electron chi connectivity index (χ4n) is 2.71. The van der Waals surface area contributed by atoms with Gasteiger partial charge >= 0.3 is 0 Å². The van der Waals surface area contributed by atoms with Crippen molar-refractivity contribution < 1.29 is 4.39 Å². The van der Waals surface area contributed by atoms with Crippen molar-refractivity contribution in [1.29, 1.82) is 0 Å². The van der Waals surface area contributed by atoms with E-state index in [4.69, 9.17) is 0 Å². The minimum absolute atomic E-state index is 0.280. The van der Waals surface area contributed by atoms with Crippen LogP contribution in [0.5, 0.6) is 0 Å². The Hall–Kier alpha value is -2.88. The molecule has 0 radical (unpaired) electrons. The Labute approximate surface area is 148 Å². The van der Waals surface area contributed by atoms with Crippen LogP contribution in [0.2, 0.25) is 0 Å². The molecule has 1 aromatic carbocycles. The Kier molecular flexibility index (Phi) is 6.12. The quantitative estimate of drug-likeness (QED) is 0.832. The molecule has 3 nitrogen and oxygen atoms in total. The number of nitrogens with zero attached hydrogens (tertiary/aromatic N) is 2. The molecule has 1 aromatic heterocycles. The number of nitrogens with one attached hydrogen (secondary N) is 1. The predicted octanol–water partition coefficient (Wildman–Crippen LogP) is 3.47. The fourth-order valence-corrected chi connectivity index (χ4v) is 2.71. The summed E-state index contributed by atoms with van der Waals surface area (Å²) in [7, 11) is 3.77. The summed E-state index contributed by atoms with van der Waals surface area (Å²) in [6, 6.07) is 8.45. The van der Waals surface area contributed by atoms with Crippen LogP contribution >= 0.6 is 0 Å². The highest BCUT2D eigenvalue weighted by Crippen LogP contribution is 2.12. The zero-order valence-corrected chi connectivity index (χ0v) is 15.2. The van der Waals surface area contributed by atoms with Crippen LogP contribution in [0.1, 0.15) is 19.5 Å². The van der Waals surface area contributed by atoms with E-state index in [1.807, 2.05) is 39.3 Å². The lowest BCUT2D eigenvalue weighted by molar-refractivity contribution is 0.628. The van der Waals surface area contributed by atoms with E-state index in [1.165, 1.54) is 12.1 Å². The minimum atomic E-state index is -0.280. The molecule has 1 heterocycles. The smallest absolute Gasteiger partial charge is 0.125 e.